The zero-order chi connectivity index (χ0) is 27.7. The molecule has 0 aliphatic rings. The molecule has 3 aromatic rings. The largest absolute Gasteiger partial charge is 0.354 e. The predicted octanol–water partition coefficient (Wildman–Crippen LogP) is 5.18. The van der Waals surface area contributed by atoms with Crippen molar-refractivity contribution >= 4 is 39.1 Å². The Labute approximate surface area is 230 Å². The number of anilines is 1. The Balaban J connectivity index is 2.04. The second kappa shape index (κ2) is 13.4. The van der Waals surface area contributed by atoms with Gasteiger partial charge in [0.25, 0.3) is 10.0 Å². The van der Waals surface area contributed by atoms with Crippen molar-refractivity contribution in [2.45, 2.75) is 51.1 Å². The van der Waals surface area contributed by atoms with Crippen LogP contribution in [-0.4, -0.2) is 44.3 Å². The number of nitrogens with zero attached hydrogens (tertiary/aromatic N) is 2. The molecule has 0 unspecified atom stereocenters. The molecule has 0 saturated carbocycles. The first-order chi connectivity index (χ1) is 18.2. The summed E-state index contributed by atoms with van der Waals surface area (Å²) in [5.41, 5.74) is 2.12. The Morgan fingerprint density at radius 2 is 1.66 bits per heavy atom. The quantitative estimate of drug-likeness (QED) is 0.334. The SMILES string of the molecule is CCCNC(=O)[C@H](CC)N(Cc1cccc(C)c1)C(=O)CN(c1cccc(Cl)c1)S(=O)(=O)c1ccccc1. The fraction of sp³-hybridized carbons (Fsp3) is 0.310. The first kappa shape index (κ1) is 29.2. The molecular formula is C29H34ClN3O4S. The maximum absolute atomic E-state index is 14.0. The third-order valence-corrected chi connectivity index (χ3v) is 8.10. The lowest BCUT2D eigenvalue weighted by molar-refractivity contribution is -0.140. The number of carbonyl (C=O) groups is 2. The summed E-state index contributed by atoms with van der Waals surface area (Å²) in [5, 5.41) is 3.22. The normalized spacial score (nSPS) is 12.0. The van der Waals surface area contributed by atoms with Crippen LogP contribution in [-0.2, 0) is 26.2 Å². The van der Waals surface area contributed by atoms with Crippen molar-refractivity contribution in [3.05, 3.63) is 95.0 Å². The highest BCUT2D eigenvalue weighted by molar-refractivity contribution is 7.92. The average Bonchev–Trinajstić information content (AvgIpc) is 2.90. The Kier molecular flexibility index (Phi) is 10.3. The number of carbonyl (C=O) groups excluding carboxylic acids is 2. The van der Waals surface area contributed by atoms with Crippen LogP contribution in [0.1, 0.15) is 37.8 Å². The Morgan fingerprint density at radius 1 is 0.947 bits per heavy atom. The molecule has 7 nitrogen and oxygen atoms in total. The van der Waals surface area contributed by atoms with E-state index in [4.69, 9.17) is 11.6 Å². The molecule has 0 radical (unpaired) electrons. The van der Waals surface area contributed by atoms with Crippen molar-refractivity contribution in [1.29, 1.82) is 0 Å². The van der Waals surface area contributed by atoms with Gasteiger partial charge in [0.1, 0.15) is 12.6 Å². The molecule has 2 amide bonds. The molecule has 0 spiro atoms. The molecule has 38 heavy (non-hydrogen) atoms. The van der Waals surface area contributed by atoms with E-state index in [0.717, 1.165) is 21.9 Å². The zero-order valence-corrected chi connectivity index (χ0v) is 23.5. The zero-order valence-electron chi connectivity index (χ0n) is 21.9. The molecule has 3 aromatic carbocycles. The molecule has 0 fully saturated rings. The van der Waals surface area contributed by atoms with Gasteiger partial charge in [-0.1, -0.05) is 79.5 Å². The topological polar surface area (TPSA) is 86.8 Å². The molecule has 0 aromatic heterocycles. The van der Waals surface area contributed by atoms with E-state index in [0.29, 0.717) is 18.0 Å². The molecule has 1 atom stereocenters. The second-order valence-corrected chi connectivity index (χ2v) is 11.3. The van der Waals surface area contributed by atoms with Gasteiger partial charge in [-0.2, -0.15) is 0 Å². The van der Waals surface area contributed by atoms with Crippen LogP contribution in [0.25, 0.3) is 0 Å². The highest BCUT2D eigenvalue weighted by Gasteiger charge is 2.33. The van der Waals surface area contributed by atoms with E-state index < -0.39 is 28.5 Å². The lowest BCUT2D eigenvalue weighted by Gasteiger charge is -2.33. The molecular weight excluding hydrogens is 522 g/mol. The minimum atomic E-state index is -4.12. The summed E-state index contributed by atoms with van der Waals surface area (Å²) in [6.07, 6.45) is 1.13. The lowest BCUT2D eigenvalue weighted by Crippen LogP contribution is -2.52. The highest BCUT2D eigenvalue weighted by atomic mass is 35.5. The van der Waals surface area contributed by atoms with Gasteiger partial charge in [-0.25, -0.2) is 8.42 Å². The van der Waals surface area contributed by atoms with Crippen molar-refractivity contribution in [2.24, 2.45) is 0 Å². The summed E-state index contributed by atoms with van der Waals surface area (Å²) in [5.74, 6) is -0.764. The molecule has 9 heteroatoms. The number of hydrogen-bond donors (Lipinski definition) is 1. The second-order valence-electron chi connectivity index (χ2n) is 9.03. The van der Waals surface area contributed by atoms with Crippen LogP contribution in [0.3, 0.4) is 0 Å². The third-order valence-electron chi connectivity index (χ3n) is 6.08. The Morgan fingerprint density at radius 3 is 2.29 bits per heavy atom. The first-order valence-electron chi connectivity index (χ1n) is 12.6. The van der Waals surface area contributed by atoms with Crippen LogP contribution in [0.2, 0.25) is 5.02 Å². The van der Waals surface area contributed by atoms with Crippen molar-refractivity contribution in [3.63, 3.8) is 0 Å². The fourth-order valence-electron chi connectivity index (χ4n) is 4.17. The van der Waals surface area contributed by atoms with Crippen LogP contribution >= 0.6 is 11.6 Å². The van der Waals surface area contributed by atoms with Crippen LogP contribution in [0, 0.1) is 6.92 Å². The maximum Gasteiger partial charge on any atom is 0.264 e. The molecule has 1 N–H and O–H groups in total. The van der Waals surface area contributed by atoms with E-state index >= 15 is 0 Å². The van der Waals surface area contributed by atoms with E-state index in [-0.39, 0.29) is 23.0 Å². The van der Waals surface area contributed by atoms with E-state index in [1.807, 2.05) is 45.0 Å². The number of aryl methyl sites for hydroxylation is 1. The van der Waals surface area contributed by atoms with E-state index in [9.17, 15) is 18.0 Å². The average molecular weight is 556 g/mol. The van der Waals surface area contributed by atoms with E-state index in [2.05, 4.69) is 5.32 Å². The van der Waals surface area contributed by atoms with Gasteiger partial charge in [0.2, 0.25) is 11.8 Å². The standard InChI is InChI=1S/C29H34ClN3O4S/c1-4-17-31-29(35)27(5-2)32(20-23-12-9-11-22(3)18-23)28(34)21-33(25-14-10-13-24(30)19-25)38(36,37)26-15-7-6-8-16-26/h6-16,18-19,27H,4-5,17,20-21H2,1-3H3,(H,31,35)/t27-/m0/s1. The predicted molar refractivity (Wildman–Crippen MR) is 152 cm³/mol. The lowest BCUT2D eigenvalue weighted by atomic mass is 10.1. The number of rotatable bonds is 12. The van der Waals surface area contributed by atoms with Crippen LogP contribution in [0.5, 0.6) is 0 Å². The summed E-state index contributed by atoms with van der Waals surface area (Å²) >= 11 is 6.20. The minimum absolute atomic E-state index is 0.0470. The summed E-state index contributed by atoms with van der Waals surface area (Å²) in [6.45, 7) is 5.89. The number of benzene rings is 3. The van der Waals surface area contributed by atoms with Crippen LogP contribution < -0.4 is 9.62 Å². The fourth-order valence-corrected chi connectivity index (χ4v) is 5.78. The maximum atomic E-state index is 14.0. The van der Waals surface area contributed by atoms with Gasteiger partial charge in [-0.15, -0.1) is 0 Å². The van der Waals surface area contributed by atoms with Crippen molar-refractivity contribution < 1.29 is 18.0 Å². The Bertz CT molecular complexity index is 1350. The number of hydrogen-bond acceptors (Lipinski definition) is 4. The summed E-state index contributed by atoms with van der Waals surface area (Å²) in [4.78, 5) is 28.6. The number of nitrogens with one attached hydrogen (secondary N) is 1. The van der Waals surface area contributed by atoms with Gasteiger partial charge >= 0.3 is 0 Å². The monoisotopic (exact) mass is 555 g/mol. The van der Waals surface area contributed by atoms with Gasteiger partial charge < -0.3 is 10.2 Å². The minimum Gasteiger partial charge on any atom is -0.354 e. The number of sulfonamides is 1. The molecule has 0 saturated heterocycles. The number of halogens is 1. The number of amides is 2. The van der Waals surface area contributed by atoms with Gasteiger partial charge in [-0.3, -0.25) is 13.9 Å². The Hall–Kier alpha value is -3.36. The molecule has 0 bridgehead atoms. The molecule has 3 rings (SSSR count). The van der Waals surface area contributed by atoms with Gasteiger partial charge in [0.15, 0.2) is 0 Å². The van der Waals surface area contributed by atoms with Crippen molar-refractivity contribution in [1.82, 2.24) is 10.2 Å². The van der Waals surface area contributed by atoms with Gasteiger partial charge in [-0.05, 0) is 55.7 Å². The molecule has 0 heterocycles. The van der Waals surface area contributed by atoms with Crippen molar-refractivity contribution in [3.8, 4) is 0 Å². The van der Waals surface area contributed by atoms with Gasteiger partial charge in [0.05, 0.1) is 10.6 Å². The smallest absolute Gasteiger partial charge is 0.264 e. The molecule has 202 valence electrons. The summed E-state index contributed by atoms with van der Waals surface area (Å²) in [7, 11) is -4.12. The first-order valence-corrected chi connectivity index (χ1v) is 14.4. The summed E-state index contributed by atoms with van der Waals surface area (Å²) < 4.78 is 28.6. The van der Waals surface area contributed by atoms with E-state index in [1.165, 1.54) is 23.1 Å². The highest BCUT2D eigenvalue weighted by Crippen LogP contribution is 2.27. The summed E-state index contributed by atoms with van der Waals surface area (Å²) in [6, 6.07) is 21.2. The molecule has 0 aliphatic carbocycles. The van der Waals surface area contributed by atoms with E-state index in [1.54, 1.807) is 36.4 Å². The molecule has 0 aliphatic heterocycles. The van der Waals surface area contributed by atoms with Crippen LogP contribution in [0.4, 0.5) is 5.69 Å². The van der Waals surface area contributed by atoms with Crippen molar-refractivity contribution in [2.75, 3.05) is 17.4 Å². The van der Waals surface area contributed by atoms with Gasteiger partial charge in [0, 0.05) is 18.1 Å². The third kappa shape index (κ3) is 7.36. The van der Waals surface area contributed by atoms with Crippen LogP contribution in [0.15, 0.2) is 83.8 Å².